The molecular weight excluding hydrogens is 152 g/mol. The molecule has 0 bridgehead atoms. The fourth-order valence-electron chi connectivity index (χ4n) is 1.16. The normalized spacial score (nSPS) is 12.7. The Bertz CT molecular complexity index is 246. The molecule has 0 spiro atoms. The van der Waals surface area contributed by atoms with E-state index in [0.717, 1.165) is 16.9 Å². The van der Waals surface area contributed by atoms with Crippen LogP contribution >= 0.6 is 0 Å². The van der Waals surface area contributed by atoms with Crippen molar-refractivity contribution >= 4 is 0 Å². The molecule has 0 aliphatic rings. The van der Waals surface area contributed by atoms with E-state index >= 15 is 0 Å². The van der Waals surface area contributed by atoms with Crippen molar-refractivity contribution in [1.29, 1.82) is 0 Å². The topological polar surface area (TPSA) is 29.5 Å². The maximum atomic E-state index is 9.03. The molecule has 0 aromatic heterocycles. The molecule has 0 saturated carbocycles. The summed E-state index contributed by atoms with van der Waals surface area (Å²) in [6.45, 7) is 5.53. The standard InChI is InChI=1S/C10H14O2/c1-7-5-4-6-8(2)10(7)12-9(3)11/h4-6,9,11H,1-3H3. The van der Waals surface area contributed by atoms with Gasteiger partial charge in [-0.15, -0.1) is 0 Å². The Morgan fingerprint density at radius 2 is 1.75 bits per heavy atom. The van der Waals surface area contributed by atoms with Crippen LogP contribution in [0, 0.1) is 13.8 Å². The van der Waals surface area contributed by atoms with Crippen LogP contribution in [0.15, 0.2) is 18.2 Å². The van der Waals surface area contributed by atoms with E-state index in [9.17, 15) is 0 Å². The summed E-state index contributed by atoms with van der Waals surface area (Å²) in [5.74, 6) is 0.785. The first kappa shape index (κ1) is 9.07. The molecule has 2 nitrogen and oxygen atoms in total. The monoisotopic (exact) mass is 166 g/mol. The lowest BCUT2D eigenvalue weighted by molar-refractivity contribution is -0.00132. The number of aliphatic hydroxyl groups is 1. The molecule has 0 amide bonds. The van der Waals surface area contributed by atoms with Crippen LogP contribution < -0.4 is 4.74 Å². The third-order valence-electron chi connectivity index (χ3n) is 1.70. The highest BCUT2D eigenvalue weighted by molar-refractivity contribution is 5.39. The lowest BCUT2D eigenvalue weighted by Gasteiger charge is -2.13. The number of aryl methyl sites for hydroxylation is 2. The van der Waals surface area contributed by atoms with Gasteiger partial charge in [-0.3, -0.25) is 0 Å². The molecule has 0 aliphatic carbocycles. The second-order valence-corrected chi connectivity index (χ2v) is 2.94. The molecule has 0 aliphatic heterocycles. The van der Waals surface area contributed by atoms with Crippen LogP contribution in [0.25, 0.3) is 0 Å². The molecule has 2 heteroatoms. The summed E-state index contributed by atoms with van der Waals surface area (Å²) in [5, 5.41) is 9.03. The Kier molecular flexibility index (Phi) is 2.71. The Hall–Kier alpha value is -1.02. The fourth-order valence-corrected chi connectivity index (χ4v) is 1.16. The van der Waals surface area contributed by atoms with Gasteiger partial charge in [0.2, 0.25) is 0 Å². The van der Waals surface area contributed by atoms with E-state index in [4.69, 9.17) is 9.84 Å². The number of hydrogen-bond acceptors (Lipinski definition) is 2. The highest BCUT2D eigenvalue weighted by Gasteiger charge is 2.04. The molecule has 0 saturated heterocycles. The summed E-state index contributed by atoms with van der Waals surface area (Å²) in [4.78, 5) is 0. The van der Waals surface area contributed by atoms with E-state index in [-0.39, 0.29) is 0 Å². The number of aliphatic hydroxyl groups excluding tert-OH is 1. The van der Waals surface area contributed by atoms with Gasteiger partial charge in [0.05, 0.1) is 0 Å². The number of para-hydroxylation sites is 1. The first-order chi connectivity index (χ1) is 5.61. The summed E-state index contributed by atoms with van der Waals surface area (Å²) in [6, 6.07) is 5.90. The molecule has 1 aromatic rings. The Morgan fingerprint density at radius 1 is 1.25 bits per heavy atom. The number of ether oxygens (including phenoxy) is 1. The van der Waals surface area contributed by atoms with E-state index in [1.807, 2.05) is 32.0 Å². The van der Waals surface area contributed by atoms with Crippen molar-refractivity contribution in [1.82, 2.24) is 0 Å². The predicted octanol–water partition coefficient (Wildman–Crippen LogP) is 2.02. The van der Waals surface area contributed by atoms with Gasteiger partial charge in [-0.05, 0) is 31.9 Å². The lowest BCUT2D eigenvalue weighted by Crippen LogP contribution is -2.11. The third kappa shape index (κ3) is 1.98. The van der Waals surface area contributed by atoms with E-state index in [2.05, 4.69) is 0 Å². The molecule has 66 valence electrons. The molecule has 1 aromatic carbocycles. The van der Waals surface area contributed by atoms with Gasteiger partial charge in [-0.25, -0.2) is 0 Å². The minimum absolute atomic E-state index is 0.746. The highest BCUT2D eigenvalue weighted by Crippen LogP contribution is 2.22. The zero-order valence-electron chi connectivity index (χ0n) is 7.66. The van der Waals surface area contributed by atoms with Crippen LogP contribution in [0.3, 0.4) is 0 Å². The van der Waals surface area contributed by atoms with Gasteiger partial charge in [-0.1, -0.05) is 18.2 Å². The second-order valence-electron chi connectivity index (χ2n) is 2.94. The van der Waals surface area contributed by atoms with Gasteiger partial charge in [0.25, 0.3) is 0 Å². The van der Waals surface area contributed by atoms with Crippen LogP contribution in [0.2, 0.25) is 0 Å². The predicted molar refractivity (Wildman–Crippen MR) is 48.2 cm³/mol. The molecule has 1 N–H and O–H groups in total. The highest BCUT2D eigenvalue weighted by atomic mass is 16.6. The van der Waals surface area contributed by atoms with Gasteiger partial charge in [0, 0.05) is 0 Å². The van der Waals surface area contributed by atoms with Crippen molar-refractivity contribution < 1.29 is 9.84 Å². The molecule has 12 heavy (non-hydrogen) atoms. The molecule has 1 atom stereocenters. The van der Waals surface area contributed by atoms with Crippen molar-refractivity contribution in [2.24, 2.45) is 0 Å². The summed E-state index contributed by atoms with van der Waals surface area (Å²) in [5.41, 5.74) is 2.10. The zero-order valence-corrected chi connectivity index (χ0v) is 7.66. The van der Waals surface area contributed by atoms with Crippen LogP contribution in [-0.4, -0.2) is 11.4 Å². The van der Waals surface area contributed by atoms with E-state index in [1.165, 1.54) is 0 Å². The average Bonchev–Trinajstić information content (AvgIpc) is 1.97. The van der Waals surface area contributed by atoms with Gasteiger partial charge in [0.1, 0.15) is 5.75 Å². The lowest BCUT2D eigenvalue weighted by atomic mass is 10.1. The minimum atomic E-state index is -0.746. The van der Waals surface area contributed by atoms with Crippen LogP contribution in [0.4, 0.5) is 0 Å². The second kappa shape index (κ2) is 3.59. The van der Waals surface area contributed by atoms with Crippen molar-refractivity contribution in [2.45, 2.75) is 27.1 Å². The quantitative estimate of drug-likeness (QED) is 0.681. The largest absolute Gasteiger partial charge is 0.465 e. The summed E-state index contributed by atoms with van der Waals surface area (Å²) >= 11 is 0. The maximum absolute atomic E-state index is 9.03. The Morgan fingerprint density at radius 3 is 2.17 bits per heavy atom. The van der Waals surface area contributed by atoms with Crippen LogP contribution in [0.1, 0.15) is 18.1 Å². The van der Waals surface area contributed by atoms with Gasteiger partial charge in [0.15, 0.2) is 6.29 Å². The van der Waals surface area contributed by atoms with E-state index in [0.29, 0.717) is 0 Å². The molecule has 0 fully saturated rings. The first-order valence-electron chi connectivity index (χ1n) is 4.02. The Labute approximate surface area is 72.8 Å². The summed E-state index contributed by atoms with van der Waals surface area (Å²) in [6.07, 6.45) is -0.746. The zero-order chi connectivity index (χ0) is 9.14. The van der Waals surface area contributed by atoms with E-state index in [1.54, 1.807) is 6.92 Å². The fraction of sp³-hybridized carbons (Fsp3) is 0.400. The van der Waals surface area contributed by atoms with Gasteiger partial charge >= 0.3 is 0 Å². The number of rotatable bonds is 2. The summed E-state index contributed by atoms with van der Waals surface area (Å²) in [7, 11) is 0. The van der Waals surface area contributed by atoms with Crippen molar-refractivity contribution in [3.05, 3.63) is 29.3 Å². The maximum Gasteiger partial charge on any atom is 0.194 e. The smallest absolute Gasteiger partial charge is 0.194 e. The average molecular weight is 166 g/mol. The van der Waals surface area contributed by atoms with Crippen LogP contribution in [0.5, 0.6) is 5.75 Å². The third-order valence-corrected chi connectivity index (χ3v) is 1.70. The number of benzene rings is 1. The molecule has 1 unspecified atom stereocenters. The molecular formula is C10H14O2. The van der Waals surface area contributed by atoms with E-state index < -0.39 is 6.29 Å². The Balaban J connectivity index is 2.96. The van der Waals surface area contributed by atoms with Gasteiger partial charge in [-0.2, -0.15) is 0 Å². The van der Waals surface area contributed by atoms with Crippen molar-refractivity contribution in [3.8, 4) is 5.75 Å². The van der Waals surface area contributed by atoms with Gasteiger partial charge < -0.3 is 9.84 Å². The summed E-state index contributed by atoms with van der Waals surface area (Å²) < 4.78 is 5.23. The molecule has 0 heterocycles. The van der Waals surface area contributed by atoms with Crippen molar-refractivity contribution in [2.75, 3.05) is 0 Å². The van der Waals surface area contributed by atoms with Crippen molar-refractivity contribution in [3.63, 3.8) is 0 Å². The first-order valence-corrected chi connectivity index (χ1v) is 4.02. The number of hydrogen-bond donors (Lipinski definition) is 1. The molecule has 1 rings (SSSR count). The minimum Gasteiger partial charge on any atom is -0.465 e. The SMILES string of the molecule is Cc1cccc(C)c1OC(C)O. The van der Waals surface area contributed by atoms with Crippen LogP contribution in [-0.2, 0) is 0 Å². The molecule has 0 radical (unpaired) electrons.